The molecule has 0 spiro atoms. The third kappa shape index (κ3) is 3.85. The zero-order chi connectivity index (χ0) is 22.1. The summed E-state index contributed by atoms with van der Waals surface area (Å²) in [4.78, 5) is 15.5. The van der Waals surface area contributed by atoms with E-state index < -0.39 is 0 Å². The third-order valence-corrected chi connectivity index (χ3v) is 6.50. The van der Waals surface area contributed by atoms with Gasteiger partial charge in [0.1, 0.15) is 0 Å². The van der Waals surface area contributed by atoms with E-state index in [1.54, 1.807) is 0 Å². The highest BCUT2D eigenvalue weighted by Crippen LogP contribution is 2.38. The summed E-state index contributed by atoms with van der Waals surface area (Å²) < 4.78 is 13.6. The largest absolute Gasteiger partial charge is 0.490 e. The molecule has 1 unspecified atom stereocenters. The number of benzene rings is 2. The summed E-state index contributed by atoms with van der Waals surface area (Å²) in [6, 6.07) is 16.2. The Balaban J connectivity index is 1.37. The van der Waals surface area contributed by atoms with Crippen LogP contribution in [-0.4, -0.2) is 40.3 Å². The zero-order valence-corrected chi connectivity index (χ0v) is 18.7. The molecule has 1 fully saturated rings. The van der Waals surface area contributed by atoms with E-state index in [-0.39, 0.29) is 11.9 Å². The SMILES string of the molecule is Cc1nn(-c2ccccc2)c(C)c1CC(=O)N1CCCC1c1ccc2c(c1)OCCCO2. The molecule has 0 bridgehead atoms. The van der Waals surface area contributed by atoms with Gasteiger partial charge in [-0.2, -0.15) is 5.10 Å². The third-order valence-electron chi connectivity index (χ3n) is 6.50. The molecule has 5 rings (SSSR count). The van der Waals surface area contributed by atoms with Crippen LogP contribution in [0.25, 0.3) is 5.69 Å². The highest BCUT2D eigenvalue weighted by molar-refractivity contribution is 5.80. The van der Waals surface area contributed by atoms with Crippen molar-refractivity contribution in [2.75, 3.05) is 19.8 Å². The maximum Gasteiger partial charge on any atom is 0.227 e. The molecule has 2 aliphatic heterocycles. The lowest BCUT2D eigenvalue weighted by Crippen LogP contribution is -2.32. The first kappa shape index (κ1) is 20.6. The van der Waals surface area contributed by atoms with Gasteiger partial charge in [-0.3, -0.25) is 4.79 Å². The van der Waals surface area contributed by atoms with E-state index in [0.717, 1.165) is 65.5 Å². The van der Waals surface area contributed by atoms with Gasteiger partial charge in [0.2, 0.25) is 5.91 Å². The number of aromatic nitrogens is 2. The van der Waals surface area contributed by atoms with E-state index in [1.807, 2.05) is 59.8 Å². The van der Waals surface area contributed by atoms with E-state index in [0.29, 0.717) is 19.6 Å². The minimum Gasteiger partial charge on any atom is -0.490 e. The molecule has 166 valence electrons. The lowest BCUT2D eigenvalue weighted by molar-refractivity contribution is -0.131. The standard InChI is InChI=1S/C26H29N3O3/c1-18-22(19(2)29(27-18)21-8-4-3-5-9-21)17-26(30)28-13-6-10-23(28)20-11-12-24-25(16-20)32-15-7-14-31-24/h3-5,8-9,11-12,16,23H,6-7,10,13-15,17H2,1-2H3. The van der Waals surface area contributed by atoms with Gasteiger partial charge in [-0.05, 0) is 56.5 Å². The monoisotopic (exact) mass is 431 g/mol. The van der Waals surface area contributed by atoms with Crippen LogP contribution in [0, 0.1) is 13.8 Å². The van der Waals surface area contributed by atoms with Gasteiger partial charge in [-0.15, -0.1) is 0 Å². The number of fused-ring (bicyclic) bond motifs is 1. The summed E-state index contributed by atoms with van der Waals surface area (Å²) in [5.74, 6) is 1.73. The fourth-order valence-corrected chi connectivity index (χ4v) is 4.80. The molecule has 0 aliphatic carbocycles. The molecule has 3 aromatic rings. The molecule has 1 aromatic heterocycles. The predicted molar refractivity (Wildman–Crippen MR) is 122 cm³/mol. The van der Waals surface area contributed by atoms with Crippen LogP contribution < -0.4 is 9.47 Å². The molecule has 6 nitrogen and oxygen atoms in total. The van der Waals surface area contributed by atoms with E-state index >= 15 is 0 Å². The number of carbonyl (C=O) groups excluding carboxylic acids is 1. The van der Waals surface area contributed by atoms with E-state index in [1.165, 1.54) is 0 Å². The van der Waals surface area contributed by atoms with Crippen LogP contribution in [0.2, 0.25) is 0 Å². The Morgan fingerprint density at radius 3 is 2.62 bits per heavy atom. The van der Waals surface area contributed by atoms with Crippen molar-refractivity contribution < 1.29 is 14.3 Å². The van der Waals surface area contributed by atoms with Crippen molar-refractivity contribution in [1.82, 2.24) is 14.7 Å². The summed E-state index contributed by atoms with van der Waals surface area (Å²) in [7, 11) is 0. The topological polar surface area (TPSA) is 56.6 Å². The van der Waals surface area contributed by atoms with Crippen LogP contribution in [0.4, 0.5) is 0 Å². The van der Waals surface area contributed by atoms with Crippen LogP contribution in [0.3, 0.4) is 0 Å². The number of rotatable bonds is 4. The molecule has 0 radical (unpaired) electrons. The van der Waals surface area contributed by atoms with Gasteiger partial charge in [-0.1, -0.05) is 24.3 Å². The molecule has 1 atom stereocenters. The van der Waals surface area contributed by atoms with Gasteiger partial charge in [0.25, 0.3) is 0 Å². The number of ether oxygens (including phenoxy) is 2. The minimum absolute atomic E-state index is 0.0735. The quantitative estimate of drug-likeness (QED) is 0.608. The molecule has 32 heavy (non-hydrogen) atoms. The minimum atomic E-state index is 0.0735. The highest BCUT2D eigenvalue weighted by Gasteiger charge is 2.31. The second kappa shape index (κ2) is 8.69. The molecular weight excluding hydrogens is 402 g/mol. The highest BCUT2D eigenvalue weighted by atomic mass is 16.5. The van der Waals surface area contributed by atoms with Gasteiger partial charge in [-0.25, -0.2) is 4.68 Å². The van der Waals surface area contributed by atoms with Gasteiger partial charge in [0.15, 0.2) is 11.5 Å². The summed E-state index contributed by atoms with van der Waals surface area (Å²) >= 11 is 0. The Bertz CT molecular complexity index is 1120. The zero-order valence-electron chi connectivity index (χ0n) is 18.7. The van der Waals surface area contributed by atoms with Crippen molar-refractivity contribution in [3.8, 4) is 17.2 Å². The first-order valence-electron chi connectivity index (χ1n) is 11.4. The normalized spacial score (nSPS) is 17.9. The number of hydrogen-bond acceptors (Lipinski definition) is 4. The van der Waals surface area contributed by atoms with Gasteiger partial charge in [0.05, 0.1) is 37.1 Å². The van der Waals surface area contributed by atoms with Gasteiger partial charge in [0, 0.05) is 24.2 Å². The van der Waals surface area contributed by atoms with Crippen LogP contribution in [0.15, 0.2) is 48.5 Å². The van der Waals surface area contributed by atoms with Crippen LogP contribution in [0.1, 0.15) is 47.8 Å². The predicted octanol–water partition coefficient (Wildman–Crippen LogP) is 4.56. The molecule has 2 aromatic carbocycles. The van der Waals surface area contributed by atoms with Gasteiger partial charge >= 0.3 is 0 Å². The number of hydrogen-bond donors (Lipinski definition) is 0. The second-order valence-electron chi connectivity index (χ2n) is 8.58. The molecule has 0 N–H and O–H groups in total. The summed E-state index contributed by atoms with van der Waals surface area (Å²) in [6.07, 6.45) is 3.22. The first-order valence-corrected chi connectivity index (χ1v) is 11.4. The van der Waals surface area contributed by atoms with Crippen molar-refractivity contribution in [3.05, 3.63) is 71.0 Å². The van der Waals surface area contributed by atoms with Crippen molar-refractivity contribution in [1.29, 1.82) is 0 Å². The molecule has 1 amide bonds. The van der Waals surface area contributed by atoms with E-state index in [4.69, 9.17) is 14.6 Å². The summed E-state index contributed by atoms with van der Waals surface area (Å²) in [5, 5.41) is 4.71. The maximum absolute atomic E-state index is 13.4. The Kier molecular flexibility index (Phi) is 5.60. The Morgan fingerprint density at radius 1 is 1.03 bits per heavy atom. The molecule has 3 heterocycles. The Morgan fingerprint density at radius 2 is 1.81 bits per heavy atom. The fraction of sp³-hybridized carbons (Fsp3) is 0.385. The van der Waals surface area contributed by atoms with Crippen LogP contribution >= 0.6 is 0 Å². The van der Waals surface area contributed by atoms with Crippen molar-refractivity contribution >= 4 is 5.91 Å². The molecule has 1 saturated heterocycles. The smallest absolute Gasteiger partial charge is 0.227 e. The van der Waals surface area contributed by atoms with Crippen molar-refractivity contribution in [2.24, 2.45) is 0 Å². The molecule has 2 aliphatic rings. The van der Waals surface area contributed by atoms with E-state index in [9.17, 15) is 4.79 Å². The number of amides is 1. The first-order chi connectivity index (χ1) is 15.6. The molecular formula is C26H29N3O3. The number of likely N-dealkylation sites (tertiary alicyclic amines) is 1. The van der Waals surface area contributed by atoms with Gasteiger partial charge < -0.3 is 14.4 Å². The lowest BCUT2D eigenvalue weighted by atomic mass is 10.0. The lowest BCUT2D eigenvalue weighted by Gasteiger charge is -2.26. The average molecular weight is 432 g/mol. The van der Waals surface area contributed by atoms with E-state index in [2.05, 4.69) is 12.1 Å². The molecule has 0 saturated carbocycles. The average Bonchev–Trinajstić information content (AvgIpc) is 3.32. The summed E-state index contributed by atoms with van der Waals surface area (Å²) in [5.41, 5.74) is 5.08. The number of para-hydroxylation sites is 1. The van der Waals surface area contributed by atoms with Crippen LogP contribution in [0.5, 0.6) is 11.5 Å². The number of carbonyl (C=O) groups is 1. The maximum atomic E-state index is 13.4. The fourth-order valence-electron chi connectivity index (χ4n) is 4.80. The Labute approximate surface area is 188 Å². The van der Waals surface area contributed by atoms with Crippen molar-refractivity contribution in [2.45, 2.75) is 45.6 Å². The van der Waals surface area contributed by atoms with Crippen molar-refractivity contribution in [3.63, 3.8) is 0 Å². The second-order valence-corrected chi connectivity index (χ2v) is 8.58. The number of aryl methyl sites for hydroxylation is 1. The molecule has 6 heteroatoms. The van der Waals surface area contributed by atoms with Crippen LogP contribution in [-0.2, 0) is 11.2 Å². The Hall–Kier alpha value is -3.28. The number of nitrogens with zero attached hydrogens (tertiary/aromatic N) is 3. The summed E-state index contributed by atoms with van der Waals surface area (Å²) in [6.45, 7) is 6.15.